The maximum atomic E-state index is 14.3. The molecule has 0 radical (unpaired) electrons. The molecule has 0 bridgehead atoms. The van der Waals surface area contributed by atoms with Gasteiger partial charge in [0.15, 0.2) is 0 Å². The first-order chi connectivity index (χ1) is 17.0. The molecule has 0 aliphatic rings. The number of fused-ring (bicyclic) bond motifs is 1. The lowest BCUT2D eigenvalue weighted by atomic mass is 10.1. The molecule has 4 rings (SSSR count). The van der Waals surface area contributed by atoms with Gasteiger partial charge in [-0.15, -0.1) is 0 Å². The molecule has 0 spiro atoms. The van der Waals surface area contributed by atoms with Gasteiger partial charge in [0.25, 0.3) is 17.9 Å². The Hall–Kier alpha value is -4.39. The van der Waals surface area contributed by atoms with Crippen molar-refractivity contribution in [2.24, 2.45) is 5.73 Å². The highest BCUT2D eigenvalue weighted by molar-refractivity contribution is 6.35. The van der Waals surface area contributed by atoms with Crippen LogP contribution >= 0.6 is 11.6 Å². The van der Waals surface area contributed by atoms with E-state index in [1.165, 1.54) is 19.1 Å². The molecule has 0 fully saturated rings. The standard InChI is InChI=1S/C22H18ClF3N8O2/c1-8(30-19-15(18(28)35)17(27)32-22(29)33-19)20-31-13-4-2-3-12(23)14(13)21(36)34(20)11-6-9(16(25)26)5-10(24)7-11/h2-8,16H,1H3,(H2,28,35)(H5,27,29,30,32,33). The molecule has 0 aliphatic carbocycles. The summed E-state index contributed by atoms with van der Waals surface area (Å²) in [4.78, 5) is 37.6. The van der Waals surface area contributed by atoms with Crippen molar-refractivity contribution in [2.75, 3.05) is 16.8 Å². The van der Waals surface area contributed by atoms with E-state index in [4.69, 9.17) is 28.8 Å². The highest BCUT2D eigenvalue weighted by Gasteiger charge is 2.24. The number of hydrogen-bond acceptors (Lipinski definition) is 8. The minimum absolute atomic E-state index is 0.00803. The largest absolute Gasteiger partial charge is 0.383 e. The Labute approximate surface area is 205 Å². The molecule has 2 aromatic heterocycles. The third-order valence-electron chi connectivity index (χ3n) is 5.23. The summed E-state index contributed by atoms with van der Waals surface area (Å²) >= 11 is 6.23. The number of carbonyl (C=O) groups is 1. The van der Waals surface area contributed by atoms with Crippen molar-refractivity contribution >= 4 is 46.0 Å². The van der Waals surface area contributed by atoms with E-state index < -0.39 is 35.3 Å². The predicted molar refractivity (Wildman–Crippen MR) is 129 cm³/mol. The van der Waals surface area contributed by atoms with E-state index in [2.05, 4.69) is 20.3 Å². The van der Waals surface area contributed by atoms with Gasteiger partial charge in [-0.2, -0.15) is 9.97 Å². The molecule has 4 aromatic rings. The Morgan fingerprint density at radius 1 is 1.14 bits per heavy atom. The van der Waals surface area contributed by atoms with Crippen LogP contribution in [0.25, 0.3) is 16.6 Å². The molecular formula is C22H18ClF3N8O2. The Kier molecular flexibility index (Phi) is 6.41. The van der Waals surface area contributed by atoms with Gasteiger partial charge in [-0.1, -0.05) is 17.7 Å². The van der Waals surface area contributed by atoms with Crippen LogP contribution in [0.4, 0.5) is 30.8 Å². The number of nitrogens with zero attached hydrogens (tertiary/aromatic N) is 4. The number of rotatable bonds is 6. The second-order valence-corrected chi connectivity index (χ2v) is 8.12. The first-order valence-electron chi connectivity index (χ1n) is 10.3. The normalized spacial score (nSPS) is 12.2. The number of primary amides is 1. The van der Waals surface area contributed by atoms with E-state index in [0.717, 1.165) is 16.7 Å². The van der Waals surface area contributed by atoms with Crippen molar-refractivity contribution in [2.45, 2.75) is 19.4 Å². The second kappa shape index (κ2) is 9.34. The van der Waals surface area contributed by atoms with Crippen molar-refractivity contribution in [3.63, 3.8) is 0 Å². The molecule has 0 aliphatic heterocycles. The SMILES string of the molecule is CC(Nc1nc(N)nc(N)c1C(N)=O)c1nc2cccc(Cl)c2c(=O)n1-c1cc(F)cc(C(F)F)c1. The number of halogens is 4. The average molecular weight is 519 g/mol. The number of nitrogen functional groups attached to an aromatic ring is 2. The summed E-state index contributed by atoms with van der Waals surface area (Å²) in [5.74, 6) is -2.70. The predicted octanol–water partition coefficient (Wildman–Crippen LogP) is 3.34. The Bertz CT molecular complexity index is 1580. The van der Waals surface area contributed by atoms with Crippen molar-refractivity contribution in [3.05, 3.63) is 74.5 Å². The first-order valence-corrected chi connectivity index (χ1v) is 10.6. The summed E-state index contributed by atoms with van der Waals surface area (Å²) in [5, 5.41) is 2.90. The first kappa shape index (κ1) is 24.7. The Morgan fingerprint density at radius 3 is 2.53 bits per heavy atom. The quantitative estimate of drug-likeness (QED) is 0.301. The highest BCUT2D eigenvalue weighted by atomic mass is 35.5. The summed E-state index contributed by atoms with van der Waals surface area (Å²) in [6, 6.07) is 6.13. The molecule has 1 unspecified atom stereocenters. The smallest absolute Gasteiger partial charge is 0.267 e. The fourth-order valence-corrected chi connectivity index (χ4v) is 3.96. The van der Waals surface area contributed by atoms with Gasteiger partial charge >= 0.3 is 0 Å². The molecule has 186 valence electrons. The molecule has 0 saturated carbocycles. The van der Waals surface area contributed by atoms with Crippen molar-refractivity contribution in [1.82, 2.24) is 19.5 Å². The van der Waals surface area contributed by atoms with E-state index in [9.17, 15) is 22.8 Å². The number of benzene rings is 2. The maximum Gasteiger partial charge on any atom is 0.267 e. The lowest BCUT2D eigenvalue weighted by Crippen LogP contribution is -2.28. The molecule has 36 heavy (non-hydrogen) atoms. The molecule has 2 heterocycles. The topological polar surface area (TPSA) is 168 Å². The molecule has 1 atom stereocenters. The Morgan fingerprint density at radius 2 is 1.86 bits per heavy atom. The zero-order chi connectivity index (χ0) is 26.3. The molecule has 1 amide bonds. The van der Waals surface area contributed by atoms with Crippen LogP contribution in [0.3, 0.4) is 0 Å². The van der Waals surface area contributed by atoms with Crippen LogP contribution in [0.15, 0.2) is 41.2 Å². The Balaban J connectivity index is 1.99. The zero-order valence-corrected chi connectivity index (χ0v) is 19.2. The van der Waals surface area contributed by atoms with Gasteiger partial charge < -0.3 is 22.5 Å². The lowest BCUT2D eigenvalue weighted by Gasteiger charge is -2.22. The number of carbonyl (C=O) groups excluding carboxylic acids is 1. The summed E-state index contributed by atoms with van der Waals surface area (Å²) in [6.45, 7) is 1.53. The number of alkyl halides is 2. The molecule has 7 N–H and O–H groups in total. The summed E-state index contributed by atoms with van der Waals surface area (Å²) in [7, 11) is 0. The number of nitrogens with one attached hydrogen (secondary N) is 1. The van der Waals surface area contributed by atoms with Gasteiger partial charge in [-0.3, -0.25) is 14.2 Å². The second-order valence-electron chi connectivity index (χ2n) is 7.71. The van der Waals surface area contributed by atoms with Crippen LogP contribution < -0.4 is 28.1 Å². The van der Waals surface area contributed by atoms with Gasteiger partial charge in [-0.05, 0) is 37.3 Å². The molecule has 2 aromatic carbocycles. The number of hydrogen-bond donors (Lipinski definition) is 4. The van der Waals surface area contributed by atoms with E-state index in [1.807, 2.05) is 0 Å². The van der Waals surface area contributed by atoms with Crippen molar-refractivity contribution in [1.29, 1.82) is 0 Å². The molecule has 10 nitrogen and oxygen atoms in total. The van der Waals surface area contributed by atoms with Gasteiger partial charge in [-0.25, -0.2) is 18.2 Å². The van der Waals surface area contributed by atoms with Gasteiger partial charge in [0.05, 0.1) is 27.7 Å². The van der Waals surface area contributed by atoms with E-state index in [-0.39, 0.29) is 50.6 Å². The van der Waals surface area contributed by atoms with Crippen molar-refractivity contribution in [3.8, 4) is 5.69 Å². The number of aromatic nitrogens is 4. The van der Waals surface area contributed by atoms with Crippen LogP contribution in [0.2, 0.25) is 5.02 Å². The van der Waals surface area contributed by atoms with E-state index in [0.29, 0.717) is 6.07 Å². The third kappa shape index (κ3) is 4.47. The molecule has 14 heteroatoms. The number of amides is 1. The maximum absolute atomic E-state index is 14.3. The van der Waals surface area contributed by atoms with Crippen LogP contribution in [0.5, 0.6) is 0 Å². The van der Waals surface area contributed by atoms with Crippen LogP contribution in [0, 0.1) is 5.82 Å². The highest BCUT2D eigenvalue weighted by Crippen LogP contribution is 2.29. The van der Waals surface area contributed by atoms with Crippen LogP contribution in [-0.2, 0) is 0 Å². The lowest BCUT2D eigenvalue weighted by molar-refractivity contribution is 0.100. The number of anilines is 3. The van der Waals surface area contributed by atoms with E-state index in [1.54, 1.807) is 6.07 Å². The van der Waals surface area contributed by atoms with Crippen molar-refractivity contribution < 1.29 is 18.0 Å². The fraction of sp³-hybridized carbons (Fsp3) is 0.136. The monoisotopic (exact) mass is 518 g/mol. The average Bonchev–Trinajstić information content (AvgIpc) is 2.77. The minimum Gasteiger partial charge on any atom is -0.383 e. The van der Waals surface area contributed by atoms with Gasteiger partial charge in [0, 0.05) is 5.56 Å². The van der Waals surface area contributed by atoms with E-state index >= 15 is 0 Å². The van der Waals surface area contributed by atoms with Crippen LogP contribution in [0.1, 0.15) is 41.1 Å². The van der Waals surface area contributed by atoms with Gasteiger partial charge in [0.1, 0.15) is 28.8 Å². The minimum atomic E-state index is -3.00. The third-order valence-corrected chi connectivity index (χ3v) is 5.54. The fourth-order valence-electron chi connectivity index (χ4n) is 3.71. The van der Waals surface area contributed by atoms with Crippen LogP contribution in [-0.4, -0.2) is 25.4 Å². The number of nitrogens with two attached hydrogens (primary N) is 3. The summed E-state index contributed by atoms with van der Waals surface area (Å²) < 4.78 is 42.1. The van der Waals surface area contributed by atoms with Gasteiger partial charge in [0.2, 0.25) is 5.95 Å². The molecule has 0 saturated heterocycles. The zero-order valence-electron chi connectivity index (χ0n) is 18.5. The summed E-state index contributed by atoms with van der Waals surface area (Å²) in [5.41, 5.74) is 15.1. The molecular weight excluding hydrogens is 501 g/mol. The summed E-state index contributed by atoms with van der Waals surface area (Å²) in [6.07, 6.45) is -3.00.